The Morgan fingerprint density at radius 2 is 2.05 bits per heavy atom. The van der Waals surface area contributed by atoms with Gasteiger partial charge < -0.3 is 10.5 Å². The van der Waals surface area contributed by atoms with Gasteiger partial charge in [-0.25, -0.2) is 9.97 Å². The number of benzene rings is 1. The third kappa shape index (κ3) is 2.51. The second kappa shape index (κ2) is 5.74. The van der Waals surface area contributed by atoms with Gasteiger partial charge in [-0.3, -0.25) is 0 Å². The highest BCUT2D eigenvalue weighted by atomic mass is 35.5. The molecular weight excluding hydrogens is 318 g/mol. The normalized spacial score (nSPS) is 11.3. The van der Waals surface area contributed by atoms with E-state index in [0.717, 1.165) is 21.8 Å². The lowest BCUT2D eigenvalue weighted by atomic mass is 10.1. The molecule has 0 amide bonds. The van der Waals surface area contributed by atoms with Gasteiger partial charge in [-0.1, -0.05) is 25.4 Å². The number of pyridine rings is 1. The molecule has 0 aliphatic carbocycles. The van der Waals surface area contributed by atoms with E-state index in [1.54, 1.807) is 24.5 Å². The first kappa shape index (κ1) is 15.1. The number of aromatic nitrogens is 2. The lowest BCUT2D eigenvalue weighted by molar-refractivity contribution is 0.415. The maximum atomic E-state index is 6.37. The van der Waals surface area contributed by atoms with Crippen molar-refractivity contribution in [3.8, 4) is 16.5 Å². The molecule has 0 radical (unpaired) electrons. The number of nitrogens with zero attached hydrogens (tertiary/aromatic N) is 2. The molecule has 6 heteroatoms. The molecule has 1 aromatic carbocycles. The molecule has 0 saturated carbocycles. The number of nitrogen functional groups attached to an aromatic ring is 1. The van der Waals surface area contributed by atoms with Crippen LogP contribution in [0.2, 0.25) is 5.02 Å². The number of rotatable bonds is 3. The molecule has 0 aliphatic rings. The van der Waals surface area contributed by atoms with Crippen molar-refractivity contribution in [2.24, 2.45) is 0 Å². The molecule has 0 bridgehead atoms. The largest absolute Gasteiger partial charge is 0.495 e. The monoisotopic (exact) mass is 333 g/mol. The van der Waals surface area contributed by atoms with Crippen LogP contribution in [-0.4, -0.2) is 17.1 Å². The standard InChI is InChI=1S/C16H16ClN3OS/c1-8(2)12-7-22-16(20-12)11-6-10(18)9-4-5-13(21-3)14(17)15(9)19-11/h4-8H,1-3H3,(H2,18,19). The van der Waals surface area contributed by atoms with E-state index in [4.69, 9.17) is 22.1 Å². The summed E-state index contributed by atoms with van der Waals surface area (Å²) in [5.41, 5.74) is 9.21. The van der Waals surface area contributed by atoms with E-state index in [-0.39, 0.29) is 0 Å². The summed E-state index contributed by atoms with van der Waals surface area (Å²) in [6.07, 6.45) is 0. The second-order valence-electron chi connectivity index (χ2n) is 5.31. The Balaban J connectivity index is 2.20. The van der Waals surface area contributed by atoms with E-state index < -0.39 is 0 Å². The summed E-state index contributed by atoms with van der Waals surface area (Å²) in [6.45, 7) is 4.23. The van der Waals surface area contributed by atoms with Crippen molar-refractivity contribution in [1.29, 1.82) is 0 Å². The average Bonchev–Trinajstić information content (AvgIpc) is 2.98. The van der Waals surface area contributed by atoms with Gasteiger partial charge in [0.2, 0.25) is 0 Å². The molecule has 0 aliphatic heterocycles. The summed E-state index contributed by atoms with van der Waals surface area (Å²) in [6, 6.07) is 5.50. The minimum Gasteiger partial charge on any atom is -0.495 e. The fourth-order valence-electron chi connectivity index (χ4n) is 2.20. The maximum absolute atomic E-state index is 6.37. The summed E-state index contributed by atoms with van der Waals surface area (Å²) in [5.74, 6) is 0.965. The Morgan fingerprint density at radius 1 is 1.27 bits per heavy atom. The fraction of sp³-hybridized carbons (Fsp3) is 0.250. The molecule has 22 heavy (non-hydrogen) atoms. The zero-order valence-electron chi connectivity index (χ0n) is 12.6. The molecule has 2 heterocycles. The number of halogens is 1. The van der Waals surface area contributed by atoms with E-state index in [2.05, 4.69) is 29.2 Å². The van der Waals surface area contributed by atoms with Crippen molar-refractivity contribution < 1.29 is 4.74 Å². The SMILES string of the molecule is COc1ccc2c(N)cc(-c3nc(C(C)C)cs3)nc2c1Cl. The summed E-state index contributed by atoms with van der Waals surface area (Å²) in [5, 5.41) is 4.18. The van der Waals surface area contributed by atoms with Gasteiger partial charge in [0, 0.05) is 16.5 Å². The van der Waals surface area contributed by atoms with Crippen LogP contribution in [0.1, 0.15) is 25.5 Å². The third-order valence-electron chi connectivity index (χ3n) is 3.47. The number of thiazole rings is 1. The van der Waals surface area contributed by atoms with Crippen molar-refractivity contribution in [1.82, 2.24) is 9.97 Å². The summed E-state index contributed by atoms with van der Waals surface area (Å²) in [4.78, 5) is 9.27. The van der Waals surface area contributed by atoms with Crippen molar-refractivity contribution in [2.45, 2.75) is 19.8 Å². The first-order valence-electron chi connectivity index (χ1n) is 6.89. The molecule has 0 fully saturated rings. The highest BCUT2D eigenvalue weighted by Gasteiger charge is 2.14. The van der Waals surface area contributed by atoms with Crippen LogP contribution in [0.5, 0.6) is 5.75 Å². The number of methoxy groups -OCH3 is 1. The van der Waals surface area contributed by atoms with Gasteiger partial charge in [0.15, 0.2) is 0 Å². The van der Waals surface area contributed by atoms with Crippen LogP contribution < -0.4 is 10.5 Å². The Morgan fingerprint density at radius 3 is 2.68 bits per heavy atom. The predicted molar refractivity (Wildman–Crippen MR) is 92.9 cm³/mol. The van der Waals surface area contributed by atoms with Crippen LogP contribution in [0.3, 0.4) is 0 Å². The first-order valence-corrected chi connectivity index (χ1v) is 8.15. The molecule has 0 atom stereocenters. The quantitative estimate of drug-likeness (QED) is 0.753. The van der Waals surface area contributed by atoms with E-state index in [1.165, 1.54) is 0 Å². The van der Waals surface area contributed by atoms with Crippen molar-refractivity contribution in [3.63, 3.8) is 0 Å². The molecule has 2 aromatic heterocycles. The molecule has 4 nitrogen and oxygen atoms in total. The zero-order chi connectivity index (χ0) is 15.9. The van der Waals surface area contributed by atoms with Crippen LogP contribution in [0.15, 0.2) is 23.6 Å². The van der Waals surface area contributed by atoms with Crippen molar-refractivity contribution >= 4 is 39.5 Å². The Labute approximate surface area is 137 Å². The summed E-state index contributed by atoms with van der Waals surface area (Å²) in [7, 11) is 1.58. The lowest BCUT2D eigenvalue weighted by Gasteiger charge is -2.09. The smallest absolute Gasteiger partial charge is 0.142 e. The topological polar surface area (TPSA) is 61.0 Å². The Bertz CT molecular complexity index is 845. The number of hydrogen-bond acceptors (Lipinski definition) is 5. The molecule has 114 valence electrons. The second-order valence-corrected chi connectivity index (χ2v) is 6.54. The minimum absolute atomic E-state index is 0.381. The van der Waals surface area contributed by atoms with Crippen LogP contribution in [0, 0.1) is 0 Å². The van der Waals surface area contributed by atoms with Crippen LogP contribution >= 0.6 is 22.9 Å². The van der Waals surface area contributed by atoms with Crippen LogP contribution in [0.25, 0.3) is 21.6 Å². The molecule has 0 saturated heterocycles. The molecule has 2 N–H and O–H groups in total. The van der Waals surface area contributed by atoms with E-state index in [1.807, 2.05) is 12.1 Å². The molecular formula is C16H16ClN3OS. The molecule has 0 unspecified atom stereocenters. The van der Waals surface area contributed by atoms with Crippen LogP contribution in [-0.2, 0) is 0 Å². The van der Waals surface area contributed by atoms with Gasteiger partial charge in [0.25, 0.3) is 0 Å². The van der Waals surface area contributed by atoms with E-state index in [0.29, 0.717) is 27.9 Å². The number of ether oxygens (including phenoxy) is 1. The number of fused-ring (bicyclic) bond motifs is 1. The maximum Gasteiger partial charge on any atom is 0.142 e. The van der Waals surface area contributed by atoms with Gasteiger partial charge >= 0.3 is 0 Å². The molecule has 0 spiro atoms. The Kier molecular flexibility index (Phi) is 3.93. The summed E-state index contributed by atoms with van der Waals surface area (Å²) >= 11 is 7.93. The predicted octanol–water partition coefficient (Wildman–Crippen LogP) is 4.73. The van der Waals surface area contributed by atoms with Crippen molar-refractivity contribution in [2.75, 3.05) is 12.8 Å². The number of anilines is 1. The third-order valence-corrected chi connectivity index (χ3v) is 4.72. The number of hydrogen-bond donors (Lipinski definition) is 1. The lowest BCUT2D eigenvalue weighted by Crippen LogP contribution is -1.95. The average molecular weight is 334 g/mol. The highest BCUT2D eigenvalue weighted by Crippen LogP contribution is 2.36. The van der Waals surface area contributed by atoms with Crippen molar-refractivity contribution in [3.05, 3.63) is 34.3 Å². The fourth-order valence-corrected chi connectivity index (χ4v) is 3.43. The van der Waals surface area contributed by atoms with E-state index >= 15 is 0 Å². The first-order chi connectivity index (χ1) is 10.5. The van der Waals surface area contributed by atoms with E-state index in [9.17, 15) is 0 Å². The molecule has 3 rings (SSSR count). The van der Waals surface area contributed by atoms with Gasteiger partial charge in [0.05, 0.1) is 18.3 Å². The van der Waals surface area contributed by atoms with Gasteiger partial charge in [0.1, 0.15) is 21.5 Å². The minimum atomic E-state index is 0.381. The molecule has 3 aromatic rings. The van der Waals surface area contributed by atoms with Gasteiger partial charge in [-0.05, 0) is 24.1 Å². The highest BCUT2D eigenvalue weighted by molar-refractivity contribution is 7.13. The summed E-state index contributed by atoms with van der Waals surface area (Å²) < 4.78 is 5.25. The number of nitrogens with two attached hydrogens (primary N) is 1. The van der Waals surface area contributed by atoms with Gasteiger partial charge in [-0.2, -0.15) is 0 Å². The van der Waals surface area contributed by atoms with Gasteiger partial charge in [-0.15, -0.1) is 11.3 Å². The Hall–Kier alpha value is -1.85. The van der Waals surface area contributed by atoms with Crippen LogP contribution in [0.4, 0.5) is 5.69 Å². The zero-order valence-corrected chi connectivity index (χ0v) is 14.1.